The van der Waals surface area contributed by atoms with Gasteiger partial charge in [-0.1, -0.05) is 33.3 Å². The minimum Gasteiger partial charge on any atom is -0.465 e. The summed E-state index contributed by atoms with van der Waals surface area (Å²) in [5.74, 6) is 1.22. The van der Waals surface area contributed by atoms with Crippen molar-refractivity contribution < 1.29 is 14.3 Å². The molecule has 3 rings (SSSR count). The number of carbonyl (C=O) groups excluding carboxylic acids is 2. The molecular weight excluding hydrogens is 312 g/mol. The van der Waals surface area contributed by atoms with Crippen LogP contribution in [0.4, 0.5) is 0 Å². The monoisotopic (exact) mass is 346 g/mol. The Morgan fingerprint density at radius 2 is 2.00 bits per heavy atom. The van der Waals surface area contributed by atoms with Gasteiger partial charge in [0.1, 0.15) is 5.78 Å². The van der Waals surface area contributed by atoms with Crippen LogP contribution in [-0.4, -0.2) is 18.4 Å². The molecule has 0 aromatic heterocycles. The van der Waals surface area contributed by atoms with Crippen LogP contribution in [0.1, 0.15) is 72.6 Å². The van der Waals surface area contributed by atoms with Gasteiger partial charge >= 0.3 is 5.97 Å². The van der Waals surface area contributed by atoms with Gasteiger partial charge in [-0.25, -0.2) is 0 Å². The van der Waals surface area contributed by atoms with Crippen molar-refractivity contribution in [2.45, 2.75) is 72.6 Å². The third-order valence-corrected chi connectivity index (χ3v) is 8.06. The third kappa shape index (κ3) is 3.08. The maximum Gasteiger partial charge on any atom is 0.302 e. The molecular formula is C22H34O3. The Hall–Kier alpha value is -1.12. The van der Waals surface area contributed by atoms with E-state index in [0.29, 0.717) is 30.6 Å². The molecule has 6 atom stereocenters. The molecule has 0 heterocycles. The molecule has 0 unspecified atom stereocenters. The number of hydrogen-bond donors (Lipinski definition) is 0. The van der Waals surface area contributed by atoms with Crippen molar-refractivity contribution in [3.63, 3.8) is 0 Å². The first kappa shape index (κ1) is 18.7. The van der Waals surface area contributed by atoms with Crippen molar-refractivity contribution in [3.05, 3.63) is 12.7 Å². The van der Waals surface area contributed by atoms with Crippen LogP contribution in [0, 0.1) is 34.0 Å². The lowest BCUT2D eigenvalue weighted by Gasteiger charge is -2.61. The van der Waals surface area contributed by atoms with Crippen molar-refractivity contribution >= 4 is 11.8 Å². The zero-order valence-electron chi connectivity index (χ0n) is 16.4. The van der Waals surface area contributed by atoms with E-state index in [1.807, 2.05) is 0 Å². The molecule has 0 N–H and O–H groups in total. The van der Waals surface area contributed by atoms with Gasteiger partial charge < -0.3 is 4.74 Å². The van der Waals surface area contributed by atoms with Gasteiger partial charge in [0.25, 0.3) is 0 Å². The zero-order valence-corrected chi connectivity index (χ0v) is 16.4. The molecule has 25 heavy (non-hydrogen) atoms. The average Bonchev–Trinajstić information content (AvgIpc) is 2.56. The number of fused-ring (bicyclic) bond motifs is 3. The Labute approximate surface area is 152 Å². The number of rotatable bonds is 3. The molecule has 0 saturated heterocycles. The van der Waals surface area contributed by atoms with Gasteiger partial charge in [-0.2, -0.15) is 0 Å². The van der Waals surface area contributed by atoms with E-state index in [4.69, 9.17) is 4.74 Å². The van der Waals surface area contributed by atoms with E-state index in [9.17, 15) is 9.59 Å². The van der Waals surface area contributed by atoms with Gasteiger partial charge in [0.15, 0.2) is 0 Å². The predicted molar refractivity (Wildman–Crippen MR) is 98.9 cm³/mol. The number of carbonyl (C=O) groups is 2. The summed E-state index contributed by atoms with van der Waals surface area (Å²) in [5.41, 5.74) is 0.225. The number of Topliss-reactive ketones (excluding diaryl/α,β-unsaturated/α-hetero) is 1. The SMILES string of the molecule is C=C[C@@]1(C)CC[C@H]2[C@H](C1)C(=O)C[C@@H]1[C@@](C)(COC(C)=O)CCC[C@]12C. The number of hydrogen-bond acceptors (Lipinski definition) is 3. The summed E-state index contributed by atoms with van der Waals surface area (Å²) in [6.07, 6.45) is 9.36. The first-order valence-electron chi connectivity index (χ1n) is 9.93. The number of allylic oxidation sites excluding steroid dienone is 1. The molecule has 0 radical (unpaired) electrons. The highest BCUT2D eigenvalue weighted by atomic mass is 16.5. The lowest BCUT2D eigenvalue weighted by molar-refractivity contribution is -0.170. The molecule has 0 aromatic carbocycles. The molecule has 3 saturated carbocycles. The van der Waals surface area contributed by atoms with E-state index in [1.54, 1.807) is 0 Å². The summed E-state index contributed by atoms with van der Waals surface area (Å²) in [6, 6.07) is 0. The van der Waals surface area contributed by atoms with Gasteiger partial charge in [0.05, 0.1) is 6.61 Å². The second-order valence-corrected chi connectivity index (χ2v) is 9.83. The highest BCUT2D eigenvalue weighted by Crippen LogP contribution is 2.64. The molecule has 140 valence electrons. The fourth-order valence-corrected chi connectivity index (χ4v) is 6.48. The quantitative estimate of drug-likeness (QED) is 0.537. The Morgan fingerprint density at radius 3 is 2.64 bits per heavy atom. The Morgan fingerprint density at radius 1 is 1.28 bits per heavy atom. The van der Waals surface area contributed by atoms with E-state index in [1.165, 1.54) is 19.8 Å². The van der Waals surface area contributed by atoms with Crippen molar-refractivity contribution in [1.29, 1.82) is 0 Å². The fourth-order valence-electron chi connectivity index (χ4n) is 6.48. The zero-order chi connectivity index (χ0) is 18.5. The molecule has 0 spiro atoms. The van der Waals surface area contributed by atoms with Gasteiger partial charge in [0.2, 0.25) is 0 Å². The molecule has 3 fully saturated rings. The van der Waals surface area contributed by atoms with Crippen LogP contribution >= 0.6 is 0 Å². The van der Waals surface area contributed by atoms with Crippen molar-refractivity contribution in [2.75, 3.05) is 6.61 Å². The Kier molecular flexibility index (Phi) is 4.66. The Balaban J connectivity index is 1.89. The molecule has 3 nitrogen and oxygen atoms in total. The van der Waals surface area contributed by atoms with E-state index in [-0.39, 0.29) is 28.1 Å². The van der Waals surface area contributed by atoms with Gasteiger partial charge in [-0.05, 0) is 54.8 Å². The van der Waals surface area contributed by atoms with Crippen LogP contribution in [0.3, 0.4) is 0 Å². The average molecular weight is 347 g/mol. The summed E-state index contributed by atoms with van der Waals surface area (Å²) in [7, 11) is 0. The van der Waals surface area contributed by atoms with Crippen molar-refractivity contribution in [2.24, 2.45) is 34.0 Å². The summed E-state index contributed by atoms with van der Waals surface area (Å²) in [4.78, 5) is 24.5. The first-order valence-corrected chi connectivity index (χ1v) is 9.93. The molecule has 3 aliphatic rings. The van der Waals surface area contributed by atoms with E-state index >= 15 is 0 Å². The van der Waals surface area contributed by atoms with Gasteiger partial charge in [-0.3, -0.25) is 9.59 Å². The second kappa shape index (κ2) is 6.25. The van der Waals surface area contributed by atoms with Crippen LogP contribution < -0.4 is 0 Å². The first-order chi connectivity index (χ1) is 11.6. The smallest absolute Gasteiger partial charge is 0.302 e. The Bertz CT molecular complexity index is 582. The normalized spacial score (nSPS) is 46.7. The van der Waals surface area contributed by atoms with Crippen LogP contribution in [0.2, 0.25) is 0 Å². The molecule has 3 aliphatic carbocycles. The van der Waals surface area contributed by atoms with E-state index in [2.05, 4.69) is 33.4 Å². The minimum atomic E-state index is -0.215. The van der Waals surface area contributed by atoms with Crippen LogP contribution in [0.15, 0.2) is 12.7 Å². The molecule has 0 amide bonds. The molecule has 3 heteroatoms. The maximum absolute atomic E-state index is 13.1. The minimum absolute atomic E-state index is 0.0709. The number of esters is 1. The maximum atomic E-state index is 13.1. The summed E-state index contributed by atoms with van der Waals surface area (Å²) < 4.78 is 5.44. The highest BCUT2D eigenvalue weighted by molar-refractivity contribution is 5.83. The van der Waals surface area contributed by atoms with Crippen LogP contribution in [-0.2, 0) is 14.3 Å². The third-order valence-electron chi connectivity index (χ3n) is 8.06. The van der Waals surface area contributed by atoms with Crippen molar-refractivity contribution in [1.82, 2.24) is 0 Å². The summed E-state index contributed by atoms with van der Waals surface area (Å²) >= 11 is 0. The van der Waals surface area contributed by atoms with Crippen LogP contribution in [0.5, 0.6) is 0 Å². The summed E-state index contributed by atoms with van der Waals surface area (Å²) in [5, 5.41) is 0. The molecule has 0 aliphatic heterocycles. The standard InChI is InChI=1S/C22H34O3/c1-6-20(3)11-8-17-16(13-20)18(24)12-19-21(4,14-25-15(2)23)9-7-10-22(17,19)5/h6,16-17,19H,1,7-14H2,2-5H3/t16-,17-,19+,20-,21+,22-/m0/s1. The van der Waals surface area contributed by atoms with Crippen molar-refractivity contribution in [3.8, 4) is 0 Å². The molecule has 0 aromatic rings. The van der Waals surface area contributed by atoms with E-state index in [0.717, 1.165) is 25.7 Å². The number of ether oxygens (including phenoxy) is 1. The topological polar surface area (TPSA) is 43.4 Å². The lowest BCUT2D eigenvalue weighted by Crippen LogP contribution is -2.58. The van der Waals surface area contributed by atoms with Gasteiger partial charge in [-0.15, -0.1) is 6.58 Å². The van der Waals surface area contributed by atoms with Crippen LogP contribution in [0.25, 0.3) is 0 Å². The lowest BCUT2D eigenvalue weighted by atomic mass is 9.43. The molecule has 0 bridgehead atoms. The predicted octanol–water partition coefficient (Wildman–Crippen LogP) is 4.94. The van der Waals surface area contributed by atoms with Gasteiger partial charge in [0, 0.05) is 24.7 Å². The van der Waals surface area contributed by atoms with E-state index < -0.39 is 0 Å². The largest absolute Gasteiger partial charge is 0.465 e. The fraction of sp³-hybridized carbons (Fsp3) is 0.818. The second-order valence-electron chi connectivity index (χ2n) is 9.83. The highest BCUT2D eigenvalue weighted by Gasteiger charge is 2.60. The summed E-state index contributed by atoms with van der Waals surface area (Å²) in [6.45, 7) is 12.9. The number of ketones is 1.